The second kappa shape index (κ2) is 6.34. The van der Waals surface area contributed by atoms with Gasteiger partial charge in [0.05, 0.1) is 5.69 Å². The van der Waals surface area contributed by atoms with Crippen LogP contribution >= 0.6 is 0 Å². The average Bonchev–Trinajstić information content (AvgIpc) is 2.56. The number of unbranched alkanes of at least 4 members (excludes halogenated alkanes) is 1. The van der Waals surface area contributed by atoms with Crippen molar-refractivity contribution in [2.45, 2.75) is 19.8 Å². The van der Waals surface area contributed by atoms with Crippen LogP contribution in [-0.2, 0) is 0 Å². The molecule has 0 atom stereocenters. The zero-order chi connectivity index (χ0) is 15.4. The maximum atomic E-state index is 12.8. The van der Waals surface area contributed by atoms with Crippen molar-refractivity contribution in [1.29, 1.82) is 0 Å². The molecule has 1 aromatic carbocycles. The molecule has 0 radical (unpaired) electrons. The molecule has 0 amide bonds. The Bertz CT molecular complexity index is 829. The van der Waals surface area contributed by atoms with Crippen molar-refractivity contribution in [3.8, 4) is 5.69 Å². The largest absolute Gasteiger partial charge is 0.355 e. The first kappa shape index (κ1) is 14.2. The highest BCUT2D eigenvalue weighted by Crippen LogP contribution is 2.13. The quantitative estimate of drug-likeness (QED) is 0.732. The third kappa shape index (κ3) is 2.67. The van der Waals surface area contributed by atoms with Gasteiger partial charge in [-0.2, -0.15) is 4.98 Å². The van der Waals surface area contributed by atoms with Gasteiger partial charge in [-0.3, -0.25) is 4.79 Å². The number of hydrogen-bond acceptors (Lipinski definition) is 5. The van der Waals surface area contributed by atoms with Gasteiger partial charge in [-0.25, -0.2) is 14.5 Å². The lowest BCUT2D eigenvalue weighted by molar-refractivity contribution is 0.815. The van der Waals surface area contributed by atoms with Gasteiger partial charge in [-0.1, -0.05) is 31.5 Å². The maximum Gasteiger partial charge on any atom is 0.287 e. The van der Waals surface area contributed by atoms with E-state index in [0.717, 1.165) is 25.1 Å². The number of fused-ring (bicyclic) bond motifs is 1. The Hall–Kier alpha value is -2.76. The van der Waals surface area contributed by atoms with Crippen LogP contribution in [0.15, 0.2) is 47.5 Å². The molecule has 0 spiro atoms. The molecule has 6 nitrogen and oxygen atoms in total. The van der Waals surface area contributed by atoms with E-state index in [4.69, 9.17) is 0 Å². The van der Waals surface area contributed by atoms with Gasteiger partial charge in [0.1, 0.15) is 0 Å². The van der Waals surface area contributed by atoms with Crippen LogP contribution in [0.1, 0.15) is 19.8 Å². The normalized spacial score (nSPS) is 10.8. The lowest BCUT2D eigenvalue weighted by Gasteiger charge is -2.13. The summed E-state index contributed by atoms with van der Waals surface area (Å²) in [7, 11) is 0. The summed E-state index contributed by atoms with van der Waals surface area (Å²) in [5.41, 5.74) is 1.17. The van der Waals surface area contributed by atoms with Gasteiger partial charge >= 0.3 is 0 Å². The van der Waals surface area contributed by atoms with E-state index in [1.165, 1.54) is 12.4 Å². The zero-order valence-corrected chi connectivity index (χ0v) is 12.4. The summed E-state index contributed by atoms with van der Waals surface area (Å²) in [4.78, 5) is 25.5. The fourth-order valence-electron chi connectivity index (χ4n) is 2.23. The Balaban J connectivity index is 2.20. The van der Waals surface area contributed by atoms with Gasteiger partial charge < -0.3 is 5.32 Å². The van der Waals surface area contributed by atoms with Gasteiger partial charge in [0.2, 0.25) is 5.95 Å². The lowest BCUT2D eigenvalue weighted by Crippen LogP contribution is -2.25. The van der Waals surface area contributed by atoms with Gasteiger partial charge in [-0.05, 0) is 18.6 Å². The number of nitrogens with zero attached hydrogens (tertiary/aromatic N) is 4. The van der Waals surface area contributed by atoms with Crippen LogP contribution in [0, 0.1) is 0 Å². The van der Waals surface area contributed by atoms with Crippen LogP contribution < -0.4 is 10.9 Å². The minimum absolute atomic E-state index is 0.219. The molecule has 2 heterocycles. The highest BCUT2D eigenvalue weighted by Gasteiger charge is 2.13. The molecule has 3 aromatic rings. The summed E-state index contributed by atoms with van der Waals surface area (Å²) in [5.74, 6) is 0.498. The van der Waals surface area contributed by atoms with E-state index in [-0.39, 0.29) is 11.1 Å². The summed E-state index contributed by atoms with van der Waals surface area (Å²) >= 11 is 0. The first-order chi connectivity index (χ1) is 10.8. The van der Waals surface area contributed by atoms with E-state index in [0.29, 0.717) is 11.6 Å². The van der Waals surface area contributed by atoms with Crippen LogP contribution in [0.2, 0.25) is 0 Å². The molecule has 6 heteroatoms. The number of hydrogen-bond donors (Lipinski definition) is 1. The Morgan fingerprint density at radius 3 is 2.68 bits per heavy atom. The fourth-order valence-corrected chi connectivity index (χ4v) is 2.23. The molecule has 0 aliphatic heterocycles. The minimum atomic E-state index is -0.219. The van der Waals surface area contributed by atoms with Crippen molar-refractivity contribution >= 4 is 17.1 Å². The van der Waals surface area contributed by atoms with Crippen molar-refractivity contribution in [3.05, 3.63) is 53.1 Å². The Labute approximate surface area is 127 Å². The van der Waals surface area contributed by atoms with Crippen molar-refractivity contribution in [2.24, 2.45) is 0 Å². The molecular formula is C16H17N5O. The summed E-state index contributed by atoms with van der Waals surface area (Å²) in [6.07, 6.45) is 5.11. The monoisotopic (exact) mass is 295 g/mol. The molecule has 0 fully saturated rings. The number of anilines is 1. The molecule has 0 bridgehead atoms. The predicted molar refractivity (Wildman–Crippen MR) is 86.3 cm³/mol. The second-order valence-electron chi connectivity index (χ2n) is 4.92. The van der Waals surface area contributed by atoms with Gasteiger partial charge in [0.25, 0.3) is 5.56 Å². The molecule has 0 aliphatic rings. The third-order valence-electron chi connectivity index (χ3n) is 3.34. The highest BCUT2D eigenvalue weighted by atomic mass is 16.1. The fraction of sp³-hybridized carbons (Fsp3) is 0.250. The molecule has 1 N–H and O–H groups in total. The van der Waals surface area contributed by atoms with E-state index in [9.17, 15) is 4.79 Å². The molecule has 0 unspecified atom stereocenters. The van der Waals surface area contributed by atoms with E-state index < -0.39 is 0 Å². The number of aromatic nitrogens is 4. The predicted octanol–water partition coefficient (Wildman–Crippen LogP) is 2.39. The van der Waals surface area contributed by atoms with Crippen molar-refractivity contribution in [2.75, 3.05) is 11.9 Å². The first-order valence-corrected chi connectivity index (χ1v) is 7.34. The zero-order valence-electron chi connectivity index (χ0n) is 12.4. The van der Waals surface area contributed by atoms with Gasteiger partial charge in [0.15, 0.2) is 11.2 Å². The number of nitrogens with one attached hydrogen (secondary N) is 1. The highest BCUT2D eigenvalue weighted by molar-refractivity contribution is 5.70. The standard InChI is InChI=1S/C16H17N5O/c1-2-3-9-19-16-20-14-13(17-10-11-18-14)15(22)21(16)12-7-5-4-6-8-12/h4-8,10-11H,2-3,9H2,1H3,(H,18,19,20). The summed E-state index contributed by atoms with van der Waals surface area (Å²) in [5, 5.41) is 3.23. The molecule has 2 aromatic heterocycles. The van der Waals surface area contributed by atoms with Gasteiger partial charge in [0, 0.05) is 18.9 Å². The van der Waals surface area contributed by atoms with Crippen LogP contribution in [-0.4, -0.2) is 26.1 Å². The topological polar surface area (TPSA) is 72.7 Å². The maximum absolute atomic E-state index is 12.8. The van der Waals surface area contributed by atoms with Crippen LogP contribution in [0.5, 0.6) is 0 Å². The number of benzene rings is 1. The Morgan fingerprint density at radius 2 is 1.91 bits per heavy atom. The number of rotatable bonds is 5. The van der Waals surface area contributed by atoms with Crippen LogP contribution in [0.25, 0.3) is 16.9 Å². The minimum Gasteiger partial charge on any atom is -0.355 e. The van der Waals surface area contributed by atoms with E-state index >= 15 is 0 Å². The molecule has 3 rings (SSSR count). The van der Waals surface area contributed by atoms with Crippen molar-refractivity contribution in [3.63, 3.8) is 0 Å². The molecule has 0 saturated carbocycles. The number of para-hydroxylation sites is 1. The third-order valence-corrected chi connectivity index (χ3v) is 3.34. The Morgan fingerprint density at radius 1 is 1.14 bits per heavy atom. The smallest absolute Gasteiger partial charge is 0.287 e. The van der Waals surface area contributed by atoms with Crippen molar-refractivity contribution in [1.82, 2.24) is 19.5 Å². The van der Waals surface area contributed by atoms with E-state index in [1.807, 2.05) is 30.3 Å². The van der Waals surface area contributed by atoms with Gasteiger partial charge in [-0.15, -0.1) is 0 Å². The van der Waals surface area contributed by atoms with E-state index in [2.05, 4.69) is 27.2 Å². The summed E-state index contributed by atoms with van der Waals surface area (Å²) < 4.78 is 1.55. The van der Waals surface area contributed by atoms with E-state index in [1.54, 1.807) is 4.57 Å². The second-order valence-corrected chi connectivity index (χ2v) is 4.92. The average molecular weight is 295 g/mol. The molecule has 0 aliphatic carbocycles. The molecule has 22 heavy (non-hydrogen) atoms. The summed E-state index contributed by atoms with van der Waals surface area (Å²) in [6.45, 7) is 2.87. The molecular weight excluding hydrogens is 278 g/mol. The van der Waals surface area contributed by atoms with Crippen LogP contribution in [0.3, 0.4) is 0 Å². The SMILES string of the molecule is CCCCNc1nc2nccnc2c(=O)n1-c1ccccc1. The summed E-state index contributed by atoms with van der Waals surface area (Å²) in [6, 6.07) is 9.43. The van der Waals surface area contributed by atoms with Crippen LogP contribution in [0.4, 0.5) is 5.95 Å². The lowest BCUT2D eigenvalue weighted by atomic mass is 10.3. The molecule has 0 saturated heterocycles. The van der Waals surface area contributed by atoms with Crippen molar-refractivity contribution < 1.29 is 0 Å². The molecule has 112 valence electrons. The Kier molecular flexibility index (Phi) is 4.09. The first-order valence-electron chi connectivity index (χ1n) is 7.34.